The minimum Gasteiger partial charge on any atom is -0.481 e. The van der Waals surface area contributed by atoms with Crippen LogP contribution < -0.4 is 10.3 Å². The van der Waals surface area contributed by atoms with E-state index in [0.29, 0.717) is 59.6 Å². The molecule has 2 saturated heterocycles. The lowest BCUT2D eigenvalue weighted by Crippen LogP contribution is -2.53. The molecule has 16 heteroatoms. The fourth-order valence-corrected chi connectivity index (χ4v) is 8.59. The minimum absolute atomic E-state index is 0.000148. The van der Waals surface area contributed by atoms with E-state index < -0.39 is 12.2 Å². The number of pyridine rings is 1. The molecule has 0 aliphatic carbocycles. The van der Waals surface area contributed by atoms with Crippen LogP contribution in [0.1, 0.15) is 42.2 Å². The second kappa shape index (κ2) is 14.8. The third-order valence-corrected chi connectivity index (χ3v) is 11.6. The number of alkyl halides is 2. The molecule has 280 valence electrons. The number of ether oxygens (including phenoxy) is 1. The second-order valence-electron chi connectivity index (χ2n) is 14.0. The molecule has 54 heavy (non-hydrogen) atoms. The van der Waals surface area contributed by atoms with Crippen LogP contribution in [-0.2, 0) is 17.9 Å². The lowest BCUT2D eigenvalue weighted by atomic mass is 9.79. The van der Waals surface area contributed by atoms with Crippen molar-refractivity contribution in [3.05, 3.63) is 107 Å². The Morgan fingerprint density at radius 2 is 1.85 bits per heavy atom. The summed E-state index contributed by atoms with van der Waals surface area (Å²) in [6.45, 7) is 0.200. The van der Waals surface area contributed by atoms with Crippen molar-refractivity contribution in [1.29, 1.82) is 0 Å². The van der Waals surface area contributed by atoms with Gasteiger partial charge >= 0.3 is 6.55 Å². The summed E-state index contributed by atoms with van der Waals surface area (Å²) in [6.07, 6.45) is 10.4. The van der Waals surface area contributed by atoms with Crippen LogP contribution in [0.25, 0.3) is 27.3 Å². The van der Waals surface area contributed by atoms with Gasteiger partial charge in [0.1, 0.15) is 11.3 Å². The van der Waals surface area contributed by atoms with Crippen molar-refractivity contribution in [2.45, 2.75) is 50.4 Å². The van der Waals surface area contributed by atoms with Crippen molar-refractivity contribution in [3.8, 4) is 22.1 Å². The summed E-state index contributed by atoms with van der Waals surface area (Å²) in [6, 6.07) is 15.6. The Labute approximate surface area is 313 Å². The standard InChI is InChI=1S/C38H39F2N9O4S/c1-53-32-8-7-26(17-41-32)34-42-19-28(54-34)21-45-13-9-29(31(22-45)25-5-3-2-4-6-25)35(50)46-15-11-38(52,12-16-46)23-47-24-43-33-30(36(47)51)10-14-48(33)27-18-44-49(20-27)37(39)40/h2-8,10,14,17-20,24,29,31,37,52H,9,11-13,15-16,21-23H2,1H3/t29-,31+/m1/s1. The van der Waals surface area contributed by atoms with Crippen LogP contribution in [-0.4, -0.2) is 93.6 Å². The Morgan fingerprint density at radius 3 is 2.57 bits per heavy atom. The molecule has 5 aromatic heterocycles. The van der Waals surface area contributed by atoms with Crippen molar-refractivity contribution in [1.82, 2.24) is 43.7 Å². The Morgan fingerprint density at radius 1 is 1.04 bits per heavy atom. The SMILES string of the molecule is COc1ccc(-c2ncc(CN3CC[C@@H](C(=O)N4CCC(O)(Cn5cnc6c(ccn6-c6cnn(C(F)F)c6)c5=O)CC4)[C@H](c4ccccc4)C3)s2)cn1. The van der Waals surface area contributed by atoms with E-state index in [1.807, 2.05) is 41.4 Å². The first-order chi connectivity index (χ1) is 26.2. The number of methoxy groups -OCH3 is 1. The summed E-state index contributed by atoms with van der Waals surface area (Å²) in [5.41, 5.74) is 1.16. The van der Waals surface area contributed by atoms with Gasteiger partial charge in [0.05, 0.1) is 42.7 Å². The first-order valence-electron chi connectivity index (χ1n) is 17.8. The fraction of sp³-hybridized carbons (Fsp3) is 0.368. The Bertz CT molecular complexity index is 2300. The molecule has 8 rings (SSSR count). The van der Waals surface area contributed by atoms with Crippen LogP contribution >= 0.6 is 11.3 Å². The van der Waals surface area contributed by atoms with Crippen LogP contribution in [0.2, 0.25) is 0 Å². The molecule has 0 unspecified atom stereocenters. The number of likely N-dealkylation sites (tertiary alicyclic amines) is 2. The lowest BCUT2D eigenvalue weighted by Gasteiger charge is -2.43. The molecular weight excluding hydrogens is 717 g/mol. The predicted octanol–water partition coefficient (Wildman–Crippen LogP) is 4.97. The average Bonchev–Trinajstić information content (AvgIpc) is 3.97. The van der Waals surface area contributed by atoms with E-state index in [1.54, 1.807) is 36.9 Å². The first kappa shape index (κ1) is 35.7. The Balaban J connectivity index is 0.919. The van der Waals surface area contributed by atoms with Gasteiger partial charge < -0.3 is 14.7 Å². The topological polar surface area (TPSA) is 136 Å². The molecule has 2 aliphatic rings. The zero-order valence-electron chi connectivity index (χ0n) is 29.5. The van der Waals surface area contributed by atoms with Crippen LogP contribution in [0.4, 0.5) is 8.78 Å². The molecule has 13 nitrogen and oxygen atoms in total. The number of benzene rings is 1. The van der Waals surface area contributed by atoms with Gasteiger partial charge in [-0.3, -0.25) is 23.6 Å². The van der Waals surface area contributed by atoms with Gasteiger partial charge in [0, 0.05) is 73.1 Å². The van der Waals surface area contributed by atoms with Crippen LogP contribution in [0.3, 0.4) is 0 Å². The molecule has 0 spiro atoms. The van der Waals surface area contributed by atoms with E-state index in [9.17, 15) is 23.5 Å². The number of rotatable bonds is 10. The molecule has 2 aliphatic heterocycles. The number of thiazole rings is 1. The highest BCUT2D eigenvalue weighted by atomic mass is 32.1. The van der Waals surface area contributed by atoms with Crippen molar-refractivity contribution in [2.75, 3.05) is 33.3 Å². The fourth-order valence-electron chi connectivity index (χ4n) is 7.65. The molecule has 1 N–H and O–H groups in total. The van der Waals surface area contributed by atoms with Crippen LogP contribution in [0.5, 0.6) is 5.88 Å². The molecule has 0 saturated carbocycles. The maximum Gasteiger partial charge on any atom is 0.333 e. The monoisotopic (exact) mass is 755 g/mol. The van der Waals surface area contributed by atoms with Gasteiger partial charge in [-0.25, -0.2) is 19.6 Å². The van der Waals surface area contributed by atoms with Crippen molar-refractivity contribution in [2.24, 2.45) is 5.92 Å². The number of amides is 1. The van der Waals surface area contributed by atoms with Gasteiger partial charge in [-0.05, 0) is 43.5 Å². The molecule has 2 fully saturated rings. The minimum atomic E-state index is -2.79. The highest BCUT2D eigenvalue weighted by molar-refractivity contribution is 7.15. The highest BCUT2D eigenvalue weighted by Gasteiger charge is 2.41. The van der Waals surface area contributed by atoms with Gasteiger partial charge in [0.25, 0.3) is 5.56 Å². The van der Waals surface area contributed by atoms with Gasteiger partial charge in [0.2, 0.25) is 11.8 Å². The summed E-state index contributed by atoms with van der Waals surface area (Å²) in [4.78, 5) is 46.5. The maximum absolute atomic E-state index is 14.2. The summed E-state index contributed by atoms with van der Waals surface area (Å²) in [7, 11) is 1.59. The van der Waals surface area contributed by atoms with E-state index in [4.69, 9.17) is 4.74 Å². The third-order valence-electron chi connectivity index (χ3n) is 10.6. The maximum atomic E-state index is 14.2. The summed E-state index contributed by atoms with van der Waals surface area (Å²) in [5.74, 6) is 0.443. The number of aliphatic hydroxyl groups is 1. The van der Waals surface area contributed by atoms with Gasteiger partial charge in [-0.2, -0.15) is 13.9 Å². The number of piperidine rings is 2. The van der Waals surface area contributed by atoms with E-state index in [-0.39, 0.29) is 29.8 Å². The molecule has 2 atom stereocenters. The number of carbonyl (C=O) groups excluding carboxylic acids is 1. The third kappa shape index (κ3) is 7.15. The molecule has 1 amide bonds. The van der Waals surface area contributed by atoms with Crippen molar-refractivity contribution < 1.29 is 23.4 Å². The number of carbonyl (C=O) groups is 1. The molecule has 7 heterocycles. The van der Waals surface area contributed by atoms with Crippen molar-refractivity contribution >= 4 is 28.3 Å². The number of aromatic nitrogens is 7. The molecule has 0 radical (unpaired) electrons. The number of halogens is 2. The smallest absolute Gasteiger partial charge is 0.333 e. The number of nitrogens with zero attached hydrogens (tertiary/aromatic N) is 9. The van der Waals surface area contributed by atoms with E-state index >= 15 is 0 Å². The first-order valence-corrected chi connectivity index (χ1v) is 18.6. The molecular formula is C38H39F2N9O4S. The summed E-state index contributed by atoms with van der Waals surface area (Å²) in [5, 5.41) is 16.5. The average molecular weight is 756 g/mol. The molecule has 1 aromatic carbocycles. The quantitative estimate of drug-likeness (QED) is 0.206. The van der Waals surface area contributed by atoms with Crippen molar-refractivity contribution in [3.63, 3.8) is 0 Å². The zero-order valence-corrected chi connectivity index (χ0v) is 30.4. The van der Waals surface area contributed by atoms with Gasteiger partial charge in [-0.15, -0.1) is 11.3 Å². The zero-order chi connectivity index (χ0) is 37.4. The number of hydrogen-bond donors (Lipinski definition) is 1. The summed E-state index contributed by atoms with van der Waals surface area (Å²) >= 11 is 1.64. The van der Waals surface area contributed by atoms with Crippen LogP contribution in [0, 0.1) is 5.92 Å². The number of fused-ring (bicyclic) bond motifs is 1. The number of hydrogen-bond acceptors (Lipinski definition) is 10. The highest BCUT2D eigenvalue weighted by Crippen LogP contribution is 2.37. The normalized spacial score (nSPS) is 19.1. The molecule has 6 aromatic rings. The lowest BCUT2D eigenvalue weighted by molar-refractivity contribution is -0.142. The Hall–Kier alpha value is -5.32. The van der Waals surface area contributed by atoms with Gasteiger partial charge in [0.15, 0.2) is 5.65 Å². The van der Waals surface area contributed by atoms with E-state index in [0.717, 1.165) is 40.6 Å². The van der Waals surface area contributed by atoms with E-state index in [1.165, 1.54) is 27.9 Å². The molecule has 0 bridgehead atoms. The van der Waals surface area contributed by atoms with E-state index in [2.05, 4.69) is 37.1 Å². The second-order valence-corrected chi connectivity index (χ2v) is 15.1. The summed E-state index contributed by atoms with van der Waals surface area (Å²) < 4.78 is 34.8. The largest absolute Gasteiger partial charge is 0.481 e. The van der Waals surface area contributed by atoms with Gasteiger partial charge in [-0.1, -0.05) is 30.3 Å². The predicted molar refractivity (Wildman–Crippen MR) is 198 cm³/mol. The Kier molecular flexibility index (Phi) is 9.81. The van der Waals surface area contributed by atoms with Crippen LogP contribution in [0.15, 0.2) is 90.6 Å².